The molecule has 1 aromatic carbocycles. The fraction of sp³-hybridized carbons (Fsp3) is 0.235. The van der Waals surface area contributed by atoms with Crippen molar-refractivity contribution in [3.63, 3.8) is 0 Å². The van der Waals surface area contributed by atoms with Crippen LogP contribution in [0.4, 0.5) is 0 Å². The van der Waals surface area contributed by atoms with Crippen LogP contribution in [0.2, 0.25) is 5.02 Å². The Labute approximate surface area is 139 Å². The minimum absolute atomic E-state index is 0.0336. The summed E-state index contributed by atoms with van der Waals surface area (Å²) in [4.78, 5) is 28.1. The number of aromatic nitrogens is 1. The Morgan fingerprint density at radius 1 is 1.26 bits per heavy atom. The third kappa shape index (κ3) is 4.29. The summed E-state index contributed by atoms with van der Waals surface area (Å²) in [6.07, 6.45) is 3.25. The molecule has 2 rings (SSSR count). The Kier molecular flexibility index (Phi) is 5.71. The third-order valence-corrected chi connectivity index (χ3v) is 3.93. The zero-order valence-corrected chi connectivity index (χ0v) is 13.6. The van der Waals surface area contributed by atoms with Gasteiger partial charge in [-0.25, -0.2) is 0 Å². The van der Waals surface area contributed by atoms with Gasteiger partial charge in [0, 0.05) is 23.0 Å². The topological polar surface area (TPSA) is 68.3 Å². The summed E-state index contributed by atoms with van der Waals surface area (Å²) in [5.74, 6) is -0.703. The third-order valence-electron chi connectivity index (χ3n) is 3.52. The number of esters is 1. The van der Waals surface area contributed by atoms with Crippen LogP contribution >= 0.6 is 11.6 Å². The summed E-state index contributed by atoms with van der Waals surface area (Å²) < 4.78 is 4.71. The van der Waals surface area contributed by atoms with E-state index in [1.807, 2.05) is 0 Å². The molecule has 0 fully saturated rings. The number of halogens is 1. The summed E-state index contributed by atoms with van der Waals surface area (Å²) in [7, 11) is 1.31. The number of carbonyl (C=O) groups excluding carboxylic acids is 2. The molecule has 0 radical (unpaired) electrons. The van der Waals surface area contributed by atoms with E-state index in [0.29, 0.717) is 16.1 Å². The maximum Gasteiger partial charge on any atom is 0.307 e. The predicted molar refractivity (Wildman–Crippen MR) is 87.3 cm³/mol. The van der Waals surface area contributed by atoms with E-state index in [2.05, 4.69) is 10.3 Å². The van der Waals surface area contributed by atoms with Gasteiger partial charge in [0.15, 0.2) is 0 Å². The number of carbonyl (C=O) groups is 2. The SMILES string of the molecule is COC(=O)C[C@H](NC(=O)c1cccc(Cl)c1C)c1ccncc1. The summed E-state index contributed by atoms with van der Waals surface area (Å²) in [6, 6.07) is 8.13. The predicted octanol–water partition coefficient (Wildman–Crippen LogP) is 3.08. The minimum atomic E-state index is -0.503. The van der Waals surface area contributed by atoms with Crippen molar-refractivity contribution >= 4 is 23.5 Å². The minimum Gasteiger partial charge on any atom is -0.469 e. The van der Waals surface area contributed by atoms with E-state index in [-0.39, 0.29) is 12.3 Å². The normalized spacial score (nSPS) is 11.6. The van der Waals surface area contributed by atoms with Crippen LogP contribution in [-0.4, -0.2) is 24.0 Å². The van der Waals surface area contributed by atoms with E-state index < -0.39 is 12.0 Å². The van der Waals surface area contributed by atoms with E-state index in [1.54, 1.807) is 49.6 Å². The Hall–Kier alpha value is -2.40. The first kappa shape index (κ1) is 17.0. The van der Waals surface area contributed by atoms with Gasteiger partial charge in [-0.3, -0.25) is 14.6 Å². The van der Waals surface area contributed by atoms with Gasteiger partial charge in [-0.15, -0.1) is 0 Å². The van der Waals surface area contributed by atoms with Gasteiger partial charge in [0.1, 0.15) is 0 Å². The molecule has 23 heavy (non-hydrogen) atoms. The lowest BCUT2D eigenvalue weighted by Gasteiger charge is -2.19. The smallest absolute Gasteiger partial charge is 0.307 e. The van der Waals surface area contributed by atoms with Gasteiger partial charge in [-0.05, 0) is 42.3 Å². The van der Waals surface area contributed by atoms with E-state index in [1.165, 1.54) is 7.11 Å². The number of benzene rings is 1. The summed E-state index contributed by atoms with van der Waals surface area (Å²) >= 11 is 6.06. The largest absolute Gasteiger partial charge is 0.469 e. The van der Waals surface area contributed by atoms with Crippen molar-refractivity contribution in [2.75, 3.05) is 7.11 Å². The second-order valence-electron chi connectivity index (χ2n) is 5.00. The van der Waals surface area contributed by atoms with E-state index in [9.17, 15) is 9.59 Å². The van der Waals surface area contributed by atoms with Crippen molar-refractivity contribution in [1.29, 1.82) is 0 Å². The maximum atomic E-state index is 12.5. The van der Waals surface area contributed by atoms with Crippen molar-refractivity contribution in [2.24, 2.45) is 0 Å². The molecule has 1 amide bonds. The molecule has 120 valence electrons. The molecular formula is C17H17ClN2O3. The van der Waals surface area contributed by atoms with Crippen molar-refractivity contribution in [3.8, 4) is 0 Å². The van der Waals surface area contributed by atoms with Crippen LogP contribution in [0, 0.1) is 6.92 Å². The standard InChI is InChI=1S/C17H17ClN2O3/c1-11-13(4-3-5-14(11)18)17(22)20-15(10-16(21)23-2)12-6-8-19-9-7-12/h3-9,15H,10H2,1-2H3,(H,20,22)/t15-/m0/s1. The molecular weight excluding hydrogens is 316 g/mol. The molecule has 1 aromatic heterocycles. The lowest BCUT2D eigenvalue weighted by atomic mass is 10.0. The van der Waals surface area contributed by atoms with Gasteiger partial charge in [-0.2, -0.15) is 0 Å². The molecule has 0 bridgehead atoms. The molecule has 6 heteroatoms. The molecule has 0 saturated heterocycles. The second kappa shape index (κ2) is 7.74. The number of pyridine rings is 1. The van der Waals surface area contributed by atoms with Gasteiger partial charge in [0.2, 0.25) is 0 Å². The average Bonchev–Trinajstić information content (AvgIpc) is 2.57. The van der Waals surface area contributed by atoms with Crippen LogP contribution in [-0.2, 0) is 9.53 Å². The fourth-order valence-electron chi connectivity index (χ4n) is 2.19. The Balaban J connectivity index is 2.25. The number of hydrogen-bond acceptors (Lipinski definition) is 4. The van der Waals surface area contributed by atoms with Crippen molar-refractivity contribution < 1.29 is 14.3 Å². The summed E-state index contributed by atoms with van der Waals surface area (Å²) in [5, 5.41) is 3.38. The van der Waals surface area contributed by atoms with Crippen LogP contribution in [0.5, 0.6) is 0 Å². The first-order chi connectivity index (χ1) is 11.0. The zero-order valence-electron chi connectivity index (χ0n) is 12.9. The zero-order chi connectivity index (χ0) is 16.8. The number of hydrogen-bond donors (Lipinski definition) is 1. The number of nitrogens with one attached hydrogen (secondary N) is 1. The molecule has 0 aliphatic rings. The monoisotopic (exact) mass is 332 g/mol. The second-order valence-corrected chi connectivity index (χ2v) is 5.41. The number of amides is 1. The first-order valence-corrected chi connectivity index (χ1v) is 7.43. The highest BCUT2D eigenvalue weighted by molar-refractivity contribution is 6.31. The molecule has 1 atom stereocenters. The quantitative estimate of drug-likeness (QED) is 0.854. The molecule has 2 aromatic rings. The first-order valence-electron chi connectivity index (χ1n) is 7.05. The van der Waals surface area contributed by atoms with E-state index in [0.717, 1.165) is 5.56 Å². The van der Waals surface area contributed by atoms with Gasteiger partial charge in [-0.1, -0.05) is 17.7 Å². The molecule has 1 N–H and O–H groups in total. The highest BCUT2D eigenvalue weighted by Gasteiger charge is 2.20. The number of rotatable bonds is 5. The fourth-order valence-corrected chi connectivity index (χ4v) is 2.36. The summed E-state index contributed by atoms with van der Waals surface area (Å²) in [6.45, 7) is 1.78. The molecule has 0 aliphatic heterocycles. The number of ether oxygens (including phenoxy) is 1. The lowest BCUT2D eigenvalue weighted by Crippen LogP contribution is -2.31. The van der Waals surface area contributed by atoms with Crippen LogP contribution in [0.3, 0.4) is 0 Å². The van der Waals surface area contributed by atoms with Crippen molar-refractivity contribution in [1.82, 2.24) is 10.3 Å². The van der Waals surface area contributed by atoms with Gasteiger partial charge in [0.05, 0.1) is 19.6 Å². The maximum absolute atomic E-state index is 12.5. The lowest BCUT2D eigenvalue weighted by molar-refractivity contribution is -0.141. The molecule has 0 saturated carbocycles. The number of nitrogens with zero attached hydrogens (tertiary/aromatic N) is 1. The molecule has 1 heterocycles. The van der Waals surface area contributed by atoms with Crippen LogP contribution < -0.4 is 5.32 Å². The Morgan fingerprint density at radius 3 is 2.61 bits per heavy atom. The van der Waals surface area contributed by atoms with E-state index in [4.69, 9.17) is 16.3 Å². The molecule has 0 spiro atoms. The van der Waals surface area contributed by atoms with Crippen LogP contribution in [0.1, 0.15) is 33.9 Å². The Morgan fingerprint density at radius 2 is 1.96 bits per heavy atom. The Bertz CT molecular complexity index is 704. The van der Waals surface area contributed by atoms with E-state index >= 15 is 0 Å². The molecule has 0 aliphatic carbocycles. The summed E-state index contributed by atoms with van der Waals surface area (Å²) in [5.41, 5.74) is 1.94. The van der Waals surface area contributed by atoms with Crippen molar-refractivity contribution in [2.45, 2.75) is 19.4 Å². The molecule has 0 unspecified atom stereocenters. The van der Waals surface area contributed by atoms with Gasteiger partial charge < -0.3 is 10.1 Å². The highest BCUT2D eigenvalue weighted by Crippen LogP contribution is 2.21. The van der Waals surface area contributed by atoms with Gasteiger partial charge >= 0.3 is 5.97 Å². The number of methoxy groups -OCH3 is 1. The van der Waals surface area contributed by atoms with Crippen LogP contribution in [0.15, 0.2) is 42.7 Å². The highest BCUT2D eigenvalue weighted by atomic mass is 35.5. The molecule has 5 nitrogen and oxygen atoms in total. The average molecular weight is 333 g/mol. The van der Waals surface area contributed by atoms with Crippen molar-refractivity contribution in [3.05, 3.63) is 64.4 Å². The van der Waals surface area contributed by atoms with Gasteiger partial charge in [0.25, 0.3) is 5.91 Å². The van der Waals surface area contributed by atoms with Crippen LogP contribution in [0.25, 0.3) is 0 Å².